The van der Waals surface area contributed by atoms with E-state index in [1.54, 1.807) is 32.2 Å². The lowest BCUT2D eigenvalue weighted by atomic mass is 9.89. The average molecular weight is 370 g/mol. The van der Waals surface area contributed by atoms with Crippen LogP contribution in [-0.4, -0.2) is 23.5 Å². The van der Waals surface area contributed by atoms with Gasteiger partial charge in [0.2, 0.25) is 0 Å². The van der Waals surface area contributed by atoms with Gasteiger partial charge in [0.05, 0.1) is 18.1 Å². The molecule has 1 atom stereocenters. The van der Waals surface area contributed by atoms with Crippen LogP contribution in [0.5, 0.6) is 11.5 Å². The third-order valence-electron chi connectivity index (χ3n) is 4.65. The Morgan fingerprint density at radius 1 is 1.30 bits per heavy atom. The van der Waals surface area contributed by atoms with Crippen molar-refractivity contribution in [2.75, 3.05) is 7.11 Å². The highest BCUT2D eigenvalue weighted by Gasteiger charge is 2.35. The van der Waals surface area contributed by atoms with Crippen molar-refractivity contribution in [2.24, 2.45) is 0 Å². The molecule has 0 bridgehead atoms. The van der Waals surface area contributed by atoms with E-state index in [9.17, 15) is 14.9 Å². The molecule has 1 amide bonds. The Morgan fingerprint density at radius 2 is 2.04 bits per heavy atom. The summed E-state index contributed by atoms with van der Waals surface area (Å²) in [7, 11) is 1.58. The van der Waals surface area contributed by atoms with E-state index in [2.05, 4.69) is 5.32 Å². The molecule has 142 valence electrons. The lowest BCUT2D eigenvalue weighted by Crippen LogP contribution is -2.41. The van der Waals surface area contributed by atoms with Gasteiger partial charge in [-0.2, -0.15) is 0 Å². The number of nitro benzene ring substituents is 1. The topological polar surface area (TPSA) is 90.7 Å². The van der Waals surface area contributed by atoms with E-state index in [1.165, 1.54) is 6.07 Å². The van der Waals surface area contributed by atoms with Crippen LogP contribution in [0.3, 0.4) is 0 Å². The fourth-order valence-corrected chi connectivity index (χ4v) is 3.28. The highest BCUT2D eigenvalue weighted by atomic mass is 16.6. The number of methoxy groups -OCH3 is 1. The maximum atomic E-state index is 12.7. The molecule has 2 aromatic rings. The smallest absolute Gasteiger partial charge is 0.273 e. The predicted octanol–water partition coefficient (Wildman–Crippen LogP) is 3.94. The van der Waals surface area contributed by atoms with Gasteiger partial charge in [-0.3, -0.25) is 14.9 Å². The molecule has 0 aliphatic carbocycles. The molecule has 1 aliphatic heterocycles. The van der Waals surface area contributed by atoms with Gasteiger partial charge in [0, 0.05) is 35.2 Å². The van der Waals surface area contributed by atoms with E-state index < -0.39 is 10.5 Å². The quantitative estimate of drug-likeness (QED) is 0.650. The molecular weight excluding hydrogens is 348 g/mol. The molecule has 0 fully saturated rings. The second kappa shape index (κ2) is 6.90. The Morgan fingerprint density at radius 3 is 2.70 bits per heavy atom. The van der Waals surface area contributed by atoms with E-state index in [1.807, 2.05) is 26.0 Å². The number of hydrogen-bond donors (Lipinski definition) is 1. The summed E-state index contributed by atoms with van der Waals surface area (Å²) in [5.41, 5.74) is 1.08. The Bertz CT molecular complexity index is 907. The average Bonchev–Trinajstić information content (AvgIpc) is 2.60. The van der Waals surface area contributed by atoms with Crippen LogP contribution >= 0.6 is 0 Å². The lowest BCUT2D eigenvalue weighted by Gasteiger charge is -2.38. The number of hydrogen-bond acceptors (Lipinski definition) is 5. The molecule has 0 radical (unpaired) electrons. The van der Waals surface area contributed by atoms with Crippen LogP contribution < -0.4 is 14.8 Å². The molecule has 0 saturated carbocycles. The maximum Gasteiger partial charge on any atom is 0.273 e. The number of fused-ring (bicyclic) bond motifs is 1. The number of nitrogens with zero attached hydrogens (tertiary/aromatic N) is 1. The molecule has 1 unspecified atom stereocenters. The van der Waals surface area contributed by atoms with E-state index in [4.69, 9.17) is 9.47 Å². The molecule has 2 aromatic carbocycles. The largest absolute Gasteiger partial charge is 0.497 e. The summed E-state index contributed by atoms with van der Waals surface area (Å²) in [5, 5.41) is 14.1. The van der Waals surface area contributed by atoms with Crippen molar-refractivity contribution in [1.29, 1.82) is 0 Å². The van der Waals surface area contributed by atoms with Gasteiger partial charge < -0.3 is 14.8 Å². The standard InChI is InChI=1S/C20H22N2O5/c1-12-5-6-13(9-17(12)22(24)25)19(23)21-16-11-20(2,3)27-18-10-14(26-4)7-8-15(16)18/h5-10,16H,11H2,1-4H3,(H,21,23). The van der Waals surface area contributed by atoms with Crippen molar-refractivity contribution in [3.05, 3.63) is 63.2 Å². The van der Waals surface area contributed by atoms with Crippen LogP contribution in [0.1, 0.15) is 47.8 Å². The van der Waals surface area contributed by atoms with Gasteiger partial charge in [-0.1, -0.05) is 6.07 Å². The molecule has 1 heterocycles. The number of nitro groups is 1. The Labute approximate surface area is 157 Å². The summed E-state index contributed by atoms with van der Waals surface area (Å²) in [4.78, 5) is 23.4. The van der Waals surface area contributed by atoms with Crippen LogP contribution in [0.25, 0.3) is 0 Å². The third-order valence-corrected chi connectivity index (χ3v) is 4.65. The molecule has 3 rings (SSSR count). The zero-order valence-electron chi connectivity index (χ0n) is 15.7. The zero-order valence-corrected chi connectivity index (χ0v) is 15.7. The van der Waals surface area contributed by atoms with Crippen LogP contribution in [0.15, 0.2) is 36.4 Å². The maximum absolute atomic E-state index is 12.7. The van der Waals surface area contributed by atoms with E-state index >= 15 is 0 Å². The molecule has 7 heteroatoms. The van der Waals surface area contributed by atoms with Gasteiger partial charge in [0.1, 0.15) is 17.1 Å². The minimum absolute atomic E-state index is 0.0694. The van der Waals surface area contributed by atoms with Gasteiger partial charge in [0.15, 0.2) is 0 Å². The molecule has 1 N–H and O–H groups in total. The second-order valence-electron chi connectivity index (χ2n) is 7.25. The Hall–Kier alpha value is -3.09. The third kappa shape index (κ3) is 3.86. The number of benzene rings is 2. The summed E-state index contributed by atoms with van der Waals surface area (Å²) in [5.74, 6) is 0.971. The van der Waals surface area contributed by atoms with Crippen LogP contribution in [0.2, 0.25) is 0 Å². The summed E-state index contributed by atoms with van der Waals surface area (Å²) >= 11 is 0. The first-order valence-electron chi connectivity index (χ1n) is 8.63. The lowest BCUT2D eigenvalue weighted by molar-refractivity contribution is -0.385. The normalized spacial score (nSPS) is 17.4. The number of rotatable bonds is 4. The van der Waals surface area contributed by atoms with E-state index in [0.717, 1.165) is 5.56 Å². The van der Waals surface area contributed by atoms with Gasteiger partial charge in [-0.05, 0) is 39.0 Å². The number of ether oxygens (including phenoxy) is 2. The fraction of sp³-hybridized carbons (Fsp3) is 0.350. The summed E-state index contributed by atoms with van der Waals surface area (Å²) in [6.45, 7) is 5.54. The van der Waals surface area contributed by atoms with Crippen molar-refractivity contribution < 1.29 is 19.2 Å². The first-order valence-corrected chi connectivity index (χ1v) is 8.63. The molecule has 27 heavy (non-hydrogen) atoms. The van der Waals surface area contributed by atoms with Crippen molar-refractivity contribution in [2.45, 2.75) is 38.8 Å². The number of amides is 1. The van der Waals surface area contributed by atoms with E-state index in [-0.39, 0.29) is 23.2 Å². The highest BCUT2D eigenvalue weighted by molar-refractivity contribution is 5.95. The SMILES string of the molecule is COc1ccc2c(c1)OC(C)(C)CC2NC(=O)c1ccc(C)c([N+](=O)[O-])c1. The fourth-order valence-electron chi connectivity index (χ4n) is 3.28. The number of carbonyl (C=O) groups excluding carboxylic acids is 1. The van der Waals surface area contributed by atoms with Gasteiger partial charge >= 0.3 is 0 Å². The van der Waals surface area contributed by atoms with Crippen molar-refractivity contribution in [3.63, 3.8) is 0 Å². The van der Waals surface area contributed by atoms with Crippen molar-refractivity contribution in [3.8, 4) is 11.5 Å². The summed E-state index contributed by atoms with van der Waals surface area (Å²) in [6, 6.07) is 9.69. The minimum atomic E-state index is -0.481. The van der Waals surface area contributed by atoms with Crippen LogP contribution in [-0.2, 0) is 0 Å². The molecule has 7 nitrogen and oxygen atoms in total. The van der Waals surface area contributed by atoms with Gasteiger partial charge in [0.25, 0.3) is 11.6 Å². The van der Waals surface area contributed by atoms with Crippen LogP contribution in [0, 0.1) is 17.0 Å². The van der Waals surface area contributed by atoms with Crippen molar-refractivity contribution in [1.82, 2.24) is 5.32 Å². The van der Waals surface area contributed by atoms with Crippen molar-refractivity contribution >= 4 is 11.6 Å². The molecule has 1 aliphatic rings. The van der Waals surface area contributed by atoms with Gasteiger partial charge in [-0.25, -0.2) is 0 Å². The molecule has 0 aromatic heterocycles. The Kier molecular flexibility index (Phi) is 4.78. The monoisotopic (exact) mass is 370 g/mol. The number of nitrogens with one attached hydrogen (secondary N) is 1. The molecule has 0 spiro atoms. The molecular formula is C20H22N2O5. The number of aryl methyl sites for hydroxylation is 1. The van der Waals surface area contributed by atoms with Crippen LogP contribution in [0.4, 0.5) is 5.69 Å². The zero-order chi connectivity index (χ0) is 19.8. The predicted molar refractivity (Wildman–Crippen MR) is 100 cm³/mol. The minimum Gasteiger partial charge on any atom is -0.497 e. The Balaban J connectivity index is 1.90. The highest BCUT2D eigenvalue weighted by Crippen LogP contribution is 2.41. The number of carbonyl (C=O) groups is 1. The van der Waals surface area contributed by atoms with Gasteiger partial charge in [-0.15, -0.1) is 0 Å². The second-order valence-corrected chi connectivity index (χ2v) is 7.25. The summed E-state index contributed by atoms with van der Waals surface area (Å²) in [6.07, 6.45) is 0.575. The first kappa shape index (κ1) is 18.7. The summed E-state index contributed by atoms with van der Waals surface area (Å²) < 4.78 is 11.3. The first-order chi connectivity index (χ1) is 12.7. The molecule has 0 saturated heterocycles. The van der Waals surface area contributed by atoms with E-state index in [0.29, 0.717) is 23.5 Å².